The number of carbonyl (C=O) groups excluding carboxylic acids is 1. The zero-order valence-electron chi connectivity index (χ0n) is 9.88. The maximum atomic E-state index is 10.7. The van der Waals surface area contributed by atoms with E-state index in [4.69, 9.17) is 13.0 Å². The SMILES string of the molecule is [2H][C@]1(Cl)C[C@@H](c2ccccc2)n2nc(C=O)nc21. The lowest BCUT2D eigenvalue weighted by Crippen LogP contribution is -2.07. The lowest BCUT2D eigenvalue weighted by molar-refractivity contribution is 0.111. The Balaban J connectivity index is 2.11. The second-order valence-electron chi connectivity index (χ2n) is 3.89. The minimum absolute atomic E-state index is 0.0721. The molecule has 0 radical (unpaired) electrons. The van der Waals surface area contributed by atoms with Gasteiger partial charge in [-0.15, -0.1) is 16.7 Å². The van der Waals surface area contributed by atoms with Gasteiger partial charge in [0.25, 0.3) is 0 Å². The molecule has 1 aliphatic heterocycles. The van der Waals surface area contributed by atoms with Crippen molar-refractivity contribution >= 4 is 17.9 Å². The molecule has 0 saturated carbocycles. The monoisotopic (exact) mass is 248 g/mol. The standard InChI is InChI=1S/C12H10ClN3O/c13-9-6-10(8-4-2-1-3-5-8)16-12(9)14-11(7-17)15-16/h1-5,7,9-10H,6H2/t9-,10-/m0/s1/i9D. The van der Waals surface area contributed by atoms with Crippen molar-refractivity contribution in [2.75, 3.05) is 0 Å². The van der Waals surface area contributed by atoms with Crippen LogP contribution in [0.4, 0.5) is 0 Å². The van der Waals surface area contributed by atoms with E-state index in [1.165, 1.54) is 0 Å². The van der Waals surface area contributed by atoms with Gasteiger partial charge in [-0.25, -0.2) is 9.67 Å². The van der Waals surface area contributed by atoms with Crippen LogP contribution in [0.3, 0.4) is 0 Å². The Morgan fingerprint density at radius 3 is 2.94 bits per heavy atom. The summed E-state index contributed by atoms with van der Waals surface area (Å²) < 4.78 is 9.64. The van der Waals surface area contributed by atoms with Gasteiger partial charge in [-0.3, -0.25) is 4.79 Å². The summed E-state index contributed by atoms with van der Waals surface area (Å²) in [6, 6.07) is 9.53. The molecule has 0 N–H and O–H groups in total. The summed E-state index contributed by atoms with van der Waals surface area (Å²) in [5.74, 6) is 0.406. The number of carbonyl (C=O) groups is 1. The highest BCUT2D eigenvalue weighted by Crippen LogP contribution is 2.40. The van der Waals surface area contributed by atoms with E-state index >= 15 is 0 Å². The van der Waals surface area contributed by atoms with Crippen LogP contribution >= 0.6 is 11.6 Å². The van der Waals surface area contributed by atoms with Crippen molar-refractivity contribution in [2.24, 2.45) is 0 Å². The van der Waals surface area contributed by atoms with E-state index in [-0.39, 0.29) is 11.9 Å². The molecule has 1 aromatic carbocycles. The van der Waals surface area contributed by atoms with Gasteiger partial charge < -0.3 is 0 Å². The van der Waals surface area contributed by atoms with E-state index in [9.17, 15) is 4.79 Å². The molecule has 3 rings (SSSR count). The minimum Gasteiger partial charge on any atom is -0.294 e. The lowest BCUT2D eigenvalue weighted by Gasteiger charge is -2.11. The van der Waals surface area contributed by atoms with Crippen LogP contribution in [0.15, 0.2) is 30.3 Å². The van der Waals surface area contributed by atoms with Gasteiger partial charge in [0.1, 0.15) is 5.82 Å². The molecule has 0 aliphatic carbocycles. The molecule has 2 atom stereocenters. The largest absolute Gasteiger partial charge is 0.294 e. The number of hydrogen-bond acceptors (Lipinski definition) is 3. The second kappa shape index (κ2) is 3.96. The van der Waals surface area contributed by atoms with E-state index in [1.54, 1.807) is 4.68 Å². The van der Waals surface area contributed by atoms with E-state index < -0.39 is 5.35 Å². The minimum atomic E-state index is -1.32. The van der Waals surface area contributed by atoms with Crippen molar-refractivity contribution in [3.8, 4) is 0 Å². The van der Waals surface area contributed by atoms with Crippen LogP contribution in [-0.2, 0) is 0 Å². The lowest BCUT2D eigenvalue weighted by atomic mass is 10.1. The number of benzene rings is 1. The molecule has 0 saturated heterocycles. The third-order valence-corrected chi connectivity index (χ3v) is 3.17. The quantitative estimate of drug-likeness (QED) is 0.606. The Labute approximate surface area is 105 Å². The average Bonchev–Trinajstić information content (AvgIpc) is 2.90. The molecule has 0 unspecified atom stereocenters. The molecule has 0 fully saturated rings. The number of aldehydes is 1. The van der Waals surface area contributed by atoms with Crippen molar-refractivity contribution in [2.45, 2.75) is 17.8 Å². The molecule has 0 spiro atoms. The molecule has 4 nitrogen and oxygen atoms in total. The molecule has 2 heterocycles. The Bertz CT molecular complexity index is 597. The highest BCUT2D eigenvalue weighted by molar-refractivity contribution is 6.20. The first-order chi connectivity index (χ1) is 8.62. The van der Waals surface area contributed by atoms with E-state index in [1.807, 2.05) is 30.3 Å². The van der Waals surface area contributed by atoms with Gasteiger partial charge in [-0.1, -0.05) is 30.3 Å². The second-order valence-corrected chi connectivity index (χ2v) is 4.35. The number of fused-ring (bicyclic) bond motifs is 1. The number of aromatic nitrogens is 3. The van der Waals surface area contributed by atoms with E-state index in [0.717, 1.165) is 5.56 Å². The van der Waals surface area contributed by atoms with Gasteiger partial charge >= 0.3 is 0 Å². The fourth-order valence-corrected chi connectivity index (χ4v) is 2.35. The third-order valence-electron chi connectivity index (χ3n) is 2.85. The van der Waals surface area contributed by atoms with Gasteiger partial charge in [0, 0.05) is 0 Å². The number of alkyl halides is 1. The molecule has 2 aromatic rings. The molecule has 5 heteroatoms. The first kappa shape index (κ1) is 9.36. The van der Waals surface area contributed by atoms with Gasteiger partial charge in [0.2, 0.25) is 5.82 Å². The Hall–Kier alpha value is -1.68. The molecule has 86 valence electrons. The molecule has 0 amide bonds. The first-order valence-electron chi connectivity index (χ1n) is 5.78. The van der Waals surface area contributed by atoms with Gasteiger partial charge in [-0.2, -0.15) is 0 Å². The fraction of sp³-hybridized carbons (Fsp3) is 0.250. The number of rotatable bonds is 2. The highest BCUT2D eigenvalue weighted by Gasteiger charge is 2.33. The average molecular weight is 249 g/mol. The molecule has 1 aliphatic rings. The maximum absolute atomic E-state index is 10.7. The Kier molecular flexibility index (Phi) is 2.18. The predicted octanol–water partition coefficient (Wildman–Crippen LogP) is 2.36. The van der Waals surface area contributed by atoms with Gasteiger partial charge in [0.15, 0.2) is 6.29 Å². The normalized spacial score (nSPS) is 27.6. The molecular formula is C12H10ClN3O. The number of hydrogen-bond donors (Lipinski definition) is 0. The Morgan fingerprint density at radius 1 is 1.47 bits per heavy atom. The van der Waals surface area contributed by atoms with Crippen molar-refractivity contribution in [1.29, 1.82) is 0 Å². The summed E-state index contributed by atoms with van der Waals surface area (Å²) in [6.07, 6.45) is 0.966. The number of halogens is 1. The topological polar surface area (TPSA) is 47.8 Å². The van der Waals surface area contributed by atoms with Gasteiger partial charge in [0.05, 0.1) is 12.8 Å². The summed E-state index contributed by atoms with van der Waals surface area (Å²) in [7, 11) is 0. The molecule has 17 heavy (non-hydrogen) atoms. The molecule has 0 bridgehead atoms. The predicted molar refractivity (Wildman–Crippen MR) is 63.2 cm³/mol. The summed E-state index contributed by atoms with van der Waals surface area (Å²) in [6.45, 7) is 0. The molecular weight excluding hydrogens is 238 g/mol. The van der Waals surface area contributed by atoms with Crippen LogP contribution in [0, 0.1) is 0 Å². The zero-order chi connectivity index (χ0) is 12.8. The van der Waals surface area contributed by atoms with Crippen molar-refractivity contribution in [3.05, 3.63) is 47.5 Å². The van der Waals surface area contributed by atoms with Crippen LogP contribution in [0.1, 0.15) is 41.2 Å². The number of nitrogens with zero attached hydrogens (tertiary/aromatic N) is 3. The summed E-state index contributed by atoms with van der Waals surface area (Å²) in [4.78, 5) is 14.7. The first-order valence-corrected chi connectivity index (χ1v) is 5.66. The van der Waals surface area contributed by atoms with Crippen LogP contribution in [-0.4, -0.2) is 21.1 Å². The fourth-order valence-electron chi connectivity index (χ4n) is 2.07. The van der Waals surface area contributed by atoms with Gasteiger partial charge in [-0.05, 0) is 12.0 Å². The smallest absolute Gasteiger partial charge is 0.214 e. The van der Waals surface area contributed by atoms with E-state index in [0.29, 0.717) is 18.5 Å². The van der Waals surface area contributed by atoms with Crippen LogP contribution in [0.25, 0.3) is 0 Å². The van der Waals surface area contributed by atoms with Crippen LogP contribution < -0.4 is 0 Å². The zero-order valence-corrected chi connectivity index (χ0v) is 9.63. The summed E-state index contributed by atoms with van der Waals surface area (Å²) in [5.41, 5.74) is 1.01. The Morgan fingerprint density at radius 2 is 2.24 bits per heavy atom. The van der Waals surface area contributed by atoms with Crippen LogP contribution in [0.5, 0.6) is 0 Å². The summed E-state index contributed by atoms with van der Waals surface area (Å²) >= 11 is 6.14. The highest BCUT2D eigenvalue weighted by atomic mass is 35.5. The maximum Gasteiger partial charge on any atom is 0.214 e. The van der Waals surface area contributed by atoms with E-state index in [2.05, 4.69) is 10.1 Å². The van der Waals surface area contributed by atoms with Crippen molar-refractivity contribution in [1.82, 2.24) is 14.8 Å². The third kappa shape index (κ3) is 1.65. The summed E-state index contributed by atoms with van der Waals surface area (Å²) in [5, 5.41) is 2.77. The van der Waals surface area contributed by atoms with Crippen molar-refractivity contribution in [3.63, 3.8) is 0 Å². The molecule has 1 aromatic heterocycles. The van der Waals surface area contributed by atoms with Crippen LogP contribution in [0.2, 0.25) is 0 Å². The van der Waals surface area contributed by atoms with Crippen molar-refractivity contribution < 1.29 is 6.17 Å².